The van der Waals surface area contributed by atoms with E-state index in [2.05, 4.69) is 15.6 Å². The summed E-state index contributed by atoms with van der Waals surface area (Å²) in [7, 11) is 0. The zero-order chi connectivity index (χ0) is 27.1. The van der Waals surface area contributed by atoms with Crippen LogP contribution >= 0.6 is 11.3 Å². The number of nitrogens with zero attached hydrogens (tertiary/aromatic N) is 3. The zero-order valence-electron chi connectivity index (χ0n) is 21.3. The van der Waals surface area contributed by atoms with Gasteiger partial charge in [-0.15, -0.1) is 11.3 Å². The van der Waals surface area contributed by atoms with Gasteiger partial charge >= 0.3 is 0 Å². The van der Waals surface area contributed by atoms with Crippen LogP contribution in [0.2, 0.25) is 0 Å². The first kappa shape index (κ1) is 24.7. The maximum absolute atomic E-state index is 13.7. The normalized spacial score (nSPS) is 12.8. The summed E-state index contributed by atoms with van der Waals surface area (Å²) in [5.74, 6) is -0.827. The minimum Gasteiger partial charge on any atom is -0.322 e. The van der Waals surface area contributed by atoms with E-state index in [1.807, 2.05) is 37.3 Å². The third-order valence-corrected chi connectivity index (χ3v) is 8.24. The number of thiophene rings is 1. The minimum absolute atomic E-state index is 0.0416. The van der Waals surface area contributed by atoms with E-state index < -0.39 is 5.91 Å². The molecule has 0 saturated carbocycles. The van der Waals surface area contributed by atoms with Crippen LogP contribution < -0.4 is 21.7 Å². The van der Waals surface area contributed by atoms with Crippen LogP contribution in [0.4, 0.5) is 10.7 Å². The first-order chi connectivity index (χ1) is 19.0. The molecule has 39 heavy (non-hydrogen) atoms. The predicted molar refractivity (Wildman–Crippen MR) is 152 cm³/mol. The van der Waals surface area contributed by atoms with Gasteiger partial charge in [-0.2, -0.15) is 0 Å². The molecule has 0 aliphatic heterocycles. The van der Waals surface area contributed by atoms with Gasteiger partial charge in [0.15, 0.2) is 0 Å². The Hall–Kier alpha value is -4.57. The fourth-order valence-electron chi connectivity index (χ4n) is 5.15. The van der Waals surface area contributed by atoms with E-state index in [9.17, 15) is 14.4 Å². The summed E-state index contributed by atoms with van der Waals surface area (Å²) in [4.78, 5) is 46.1. The molecule has 0 unspecified atom stereocenters. The van der Waals surface area contributed by atoms with Gasteiger partial charge in [-0.1, -0.05) is 24.3 Å². The lowest BCUT2D eigenvalue weighted by Crippen LogP contribution is -2.32. The van der Waals surface area contributed by atoms with Crippen LogP contribution in [0.1, 0.15) is 50.9 Å². The molecule has 4 heterocycles. The van der Waals surface area contributed by atoms with Crippen LogP contribution in [0, 0.1) is 5.41 Å². The summed E-state index contributed by atoms with van der Waals surface area (Å²) >= 11 is 1.41. The van der Waals surface area contributed by atoms with Gasteiger partial charge < -0.3 is 15.2 Å². The Bertz CT molecular complexity index is 1890. The molecule has 0 bridgehead atoms. The number of carbonyl (C=O) groups is 2. The van der Waals surface area contributed by atoms with E-state index in [1.165, 1.54) is 21.8 Å². The van der Waals surface area contributed by atoms with Gasteiger partial charge in [0, 0.05) is 23.3 Å². The number of hydrogen-bond acceptors (Lipinski definition) is 6. The van der Waals surface area contributed by atoms with Crippen molar-refractivity contribution in [3.05, 3.63) is 98.2 Å². The lowest BCUT2D eigenvalue weighted by atomic mass is 9.95. The molecule has 1 aliphatic carbocycles. The number of hydrogen-bond donors (Lipinski definition) is 3. The summed E-state index contributed by atoms with van der Waals surface area (Å²) in [5.41, 5.74) is 2.60. The Labute approximate surface area is 227 Å². The third-order valence-electron chi connectivity index (χ3n) is 7.04. The second-order valence-corrected chi connectivity index (χ2v) is 10.5. The second kappa shape index (κ2) is 9.95. The Balaban J connectivity index is 1.44. The standard InChI is InChI=1S/C29H26N6O3S/c1-2-34-24(30)19(16-20-25(34)32-22-14-8-9-15-35(22)29(20)38)26(36)33-28-23(18-12-6-7-13-21(18)39-28)27(37)31-17-10-4-3-5-11-17/h3-5,8-11,14-16,30H,2,6-7,12-13H2,1H3,(H,31,37)(H,33,36). The van der Waals surface area contributed by atoms with Crippen molar-refractivity contribution in [3.63, 3.8) is 0 Å². The Morgan fingerprint density at radius 2 is 1.79 bits per heavy atom. The molecule has 0 saturated heterocycles. The first-order valence-corrected chi connectivity index (χ1v) is 13.7. The maximum atomic E-state index is 13.7. The molecule has 0 atom stereocenters. The Kier molecular flexibility index (Phi) is 6.32. The van der Waals surface area contributed by atoms with Gasteiger partial charge in [-0.05, 0) is 68.5 Å². The van der Waals surface area contributed by atoms with E-state index >= 15 is 0 Å². The van der Waals surface area contributed by atoms with Crippen LogP contribution in [0.5, 0.6) is 0 Å². The van der Waals surface area contributed by atoms with E-state index in [-0.39, 0.29) is 27.9 Å². The number of pyridine rings is 2. The van der Waals surface area contributed by atoms with Crippen molar-refractivity contribution in [1.82, 2.24) is 14.0 Å². The summed E-state index contributed by atoms with van der Waals surface area (Å²) < 4.78 is 2.98. The SMILES string of the molecule is CCn1c(=N)c(C(=O)Nc2sc3c(c2C(=O)Nc2ccccc2)CCCC3)cc2c(=O)n3ccccc3nc21. The highest BCUT2D eigenvalue weighted by Crippen LogP contribution is 2.38. The number of anilines is 2. The quantitative estimate of drug-likeness (QED) is 0.283. The average Bonchev–Trinajstić information content (AvgIpc) is 3.31. The maximum Gasteiger partial charge on any atom is 0.267 e. The topological polar surface area (TPSA) is 121 Å². The molecule has 3 N–H and O–H groups in total. The van der Waals surface area contributed by atoms with E-state index in [1.54, 1.807) is 29.0 Å². The Morgan fingerprint density at radius 1 is 1.03 bits per heavy atom. The first-order valence-electron chi connectivity index (χ1n) is 12.9. The van der Waals surface area contributed by atoms with Crippen molar-refractivity contribution < 1.29 is 9.59 Å². The van der Waals surface area contributed by atoms with Crippen LogP contribution in [0.15, 0.2) is 65.6 Å². The molecule has 9 nitrogen and oxygen atoms in total. The number of fused-ring (bicyclic) bond motifs is 3. The van der Waals surface area contributed by atoms with E-state index in [0.717, 1.165) is 36.1 Å². The summed E-state index contributed by atoms with van der Waals surface area (Å²) in [6, 6.07) is 15.9. The average molecular weight is 539 g/mol. The highest BCUT2D eigenvalue weighted by atomic mass is 32.1. The van der Waals surface area contributed by atoms with E-state index in [4.69, 9.17) is 5.41 Å². The summed E-state index contributed by atoms with van der Waals surface area (Å²) in [5, 5.41) is 15.4. The predicted octanol–water partition coefficient (Wildman–Crippen LogP) is 4.59. The number of aryl methyl sites for hydroxylation is 2. The van der Waals surface area contributed by atoms with Gasteiger partial charge in [-0.25, -0.2) is 4.98 Å². The molecule has 196 valence electrons. The molecule has 0 spiro atoms. The monoisotopic (exact) mass is 538 g/mol. The van der Waals surface area contributed by atoms with Crippen molar-refractivity contribution >= 4 is 50.5 Å². The molecule has 1 aromatic carbocycles. The minimum atomic E-state index is -0.547. The summed E-state index contributed by atoms with van der Waals surface area (Å²) in [6.07, 6.45) is 5.26. The zero-order valence-corrected chi connectivity index (χ0v) is 22.1. The van der Waals surface area contributed by atoms with Crippen LogP contribution in [-0.2, 0) is 19.4 Å². The molecular weight excluding hydrogens is 512 g/mol. The molecule has 5 aromatic rings. The van der Waals surface area contributed by atoms with Gasteiger partial charge in [0.2, 0.25) is 0 Å². The lowest BCUT2D eigenvalue weighted by molar-refractivity contribution is 0.102. The number of amides is 2. The smallest absolute Gasteiger partial charge is 0.267 e. The molecule has 0 fully saturated rings. The van der Waals surface area contributed by atoms with Crippen molar-refractivity contribution in [2.24, 2.45) is 0 Å². The molecule has 10 heteroatoms. The van der Waals surface area contributed by atoms with Crippen molar-refractivity contribution in [1.29, 1.82) is 5.41 Å². The molecule has 6 rings (SSSR count). The molecule has 2 amide bonds. The van der Waals surface area contributed by atoms with Crippen LogP contribution in [-0.4, -0.2) is 25.8 Å². The number of benzene rings is 1. The number of aromatic nitrogens is 3. The third kappa shape index (κ3) is 4.32. The van der Waals surface area contributed by atoms with Crippen LogP contribution in [0.25, 0.3) is 16.7 Å². The number of para-hydroxylation sites is 1. The number of carbonyl (C=O) groups excluding carboxylic acids is 2. The second-order valence-electron chi connectivity index (χ2n) is 9.42. The Morgan fingerprint density at radius 3 is 2.59 bits per heavy atom. The fraction of sp³-hybridized carbons (Fsp3) is 0.207. The summed E-state index contributed by atoms with van der Waals surface area (Å²) in [6.45, 7) is 2.19. The van der Waals surface area contributed by atoms with Gasteiger partial charge in [0.25, 0.3) is 17.4 Å². The largest absolute Gasteiger partial charge is 0.322 e. The molecule has 0 radical (unpaired) electrons. The highest BCUT2D eigenvalue weighted by molar-refractivity contribution is 7.17. The number of nitrogens with one attached hydrogen (secondary N) is 3. The van der Waals surface area contributed by atoms with Gasteiger partial charge in [-0.3, -0.25) is 24.2 Å². The van der Waals surface area contributed by atoms with Gasteiger partial charge in [0.05, 0.1) is 16.5 Å². The van der Waals surface area contributed by atoms with Crippen LogP contribution in [0.3, 0.4) is 0 Å². The van der Waals surface area contributed by atoms with E-state index in [0.29, 0.717) is 34.1 Å². The van der Waals surface area contributed by atoms with Gasteiger partial charge in [0.1, 0.15) is 21.8 Å². The number of rotatable bonds is 5. The van der Waals surface area contributed by atoms with Crippen molar-refractivity contribution in [2.45, 2.75) is 39.2 Å². The fourth-order valence-corrected chi connectivity index (χ4v) is 6.43. The van der Waals surface area contributed by atoms with Crippen molar-refractivity contribution in [2.75, 3.05) is 10.6 Å². The molecule has 4 aromatic heterocycles. The lowest BCUT2D eigenvalue weighted by Gasteiger charge is -2.14. The molecular formula is C29H26N6O3S. The van der Waals surface area contributed by atoms with Crippen molar-refractivity contribution in [3.8, 4) is 0 Å². The highest BCUT2D eigenvalue weighted by Gasteiger charge is 2.27. The molecule has 1 aliphatic rings.